The van der Waals surface area contributed by atoms with E-state index in [-0.39, 0.29) is 12.4 Å². The van der Waals surface area contributed by atoms with E-state index in [1.54, 1.807) is 13.8 Å². The van der Waals surface area contributed by atoms with E-state index < -0.39 is 15.1 Å². The molecule has 1 aromatic carbocycles. The summed E-state index contributed by atoms with van der Waals surface area (Å²) in [6, 6.07) is 3.80. The molecular formula is C14H20Br2O4S. The molecule has 0 bridgehead atoms. The van der Waals surface area contributed by atoms with Crippen molar-refractivity contribution in [1.29, 1.82) is 0 Å². The summed E-state index contributed by atoms with van der Waals surface area (Å²) < 4.78 is 35.5. The van der Waals surface area contributed by atoms with Crippen molar-refractivity contribution >= 4 is 41.7 Å². The first kappa shape index (κ1) is 18.8. The van der Waals surface area contributed by atoms with Crippen molar-refractivity contribution in [2.24, 2.45) is 0 Å². The zero-order valence-electron chi connectivity index (χ0n) is 12.4. The lowest BCUT2D eigenvalue weighted by Crippen LogP contribution is -2.22. The normalized spacial score (nSPS) is 11.7. The molecule has 0 amide bonds. The zero-order chi connectivity index (χ0) is 16.0. The molecule has 1 rings (SSSR count). The Kier molecular flexibility index (Phi) is 7.50. The summed E-state index contributed by atoms with van der Waals surface area (Å²) >= 11 is 6.84. The van der Waals surface area contributed by atoms with E-state index >= 15 is 0 Å². The third-order valence-electron chi connectivity index (χ3n) is 2.86. The summed E-state index contributed by atoms with van der Waals surface area (Å²) in [6.07, 6.45) is 0. The Morgan fingerprint density at radius 1 is 1.24 bits per heavy atom. The van der Waals surface area contributed by atoms with Crippen LogP contribution in [0.4, 0.5) is 0 Å². The minimum atomic E-state index is -3.11. The Morgan fingerprint density at radius 3 is 2.43 bits per heavy atom. The SMILES string of the molecule is CCOc1cc(CBr)cc(Br)c1OCCS(=O)(=O)C(C)C. The minimum Gasteiger partial charge on any atom is -0.490 e. The molecule has 0 fully saturated rings. The molecule has 0 unspecified atom stereocenters. The first-order valence-electron chi connectivity index (χ1n) is 6.67. The van der Waals surface area contributed by atoms with Crippen molar-refractivity contribution in [3.8, 4) is 11.5 Å². The Bertz CT molecular complexity index is 571. The van der Waals surface area contributed by atoms with Crippen LogP contribution in [0.3, 0.4) is 0 Å². The van der Waals surface area contributed by atoms with Crippen LogP contribution < -0.4 is 9.47 Å². The van der Waals surface area contributed by atoms with Crippen molar-refractivity contribution in [1.82, 2.24) is 0 Å². The lowest BCUT2D eigenvalue weighted by Gasteiger charge is -2.15. The van der Waals surface area contributed by atoms with E-state index in [0.717, 1.165) is 10.0 Å². The van der Waals surface area contributed by atoms with Gasteiger partial charge < -0.3 is 9.47 Å². The van der Waals surface area contributed by atoms with E-state index in [4.69, 9.17) is 9.47 Å². The monoisotopic (exact) mass is 442 g/mol. The smallest absolute Gasteiger partial charge is 0.175 e. The van der Waals surface area contributed by atoms with Gasteiger partial charge in [-0.3, -0.25) is 0 Å². The van der Waals surface area contributed by atoms with Crippen LogP contribution in [0.1, 0.15) is 26.3 Å². The highest BCUT2D eigenvalue weighted by Gasteiger charge is 2.18. The number of rotatable bonds is 8. The number of benzene rings is 1. The Balaban J connectivity index is 2.87. The third-order valence-corrected chi connectivity index (χ3v) is 6.26. The van der Waals surface area contributed by atoms with Gasteiger partial charge in [0.05, 0.1) is 22.1 Å². The zero-order valence-corrected chi connectivity index (χ0v) is 16.3. The van der Waals surface area contributed by atoms with Crippen LogP contribution in [-0.4, -0.2) is 32.6 Å². The van der Waals surface area contributed by atoms with Crippen LogP contribution >= 0.6 is 31.9 Å². The molecule has 0 spiro atoms. The Morgan fingerprint density at radius 2 is 1.90 bits per heavy atom. The van der Waals surface area contributed by atoms with Crippen molar-refractivity contribution in [2.75, 3.05) is 19.0 Å². The summed E-state index contributed by atoms with van der Waals surface area (Å²) in [5.41, 5.74) is 1.05. The van der Waals surface area contributed by atoms with Crippen LogP contribution in [0.2, 0.25) is 0 Å². The minimum absolute atomic E-state index is 0.0110. The highest BCUT2D eigenvalue weighted by Crippen LogP contribution is 2.37. The second-order valence-corrected chi connectivity index (χ2v) is 8.83. The topological polar surface area (TPSA) is 52.6 Å². The lowest BCUT2D eigenvalue weighted by molar-refractivity contribution is 0.286. The second kappa shape index (κ2) is 8.39. The fourth-order valence-electron chi connectivity index (χ4n) is 1.60. The number of ether oxygens (including phenoxy) is 2. The highest BCUT2D eigenvalue weighted by atomic mass is 79.9. The second-order valence-electron chi connectivity index (χ2n) is 4.74. The molecule has 4 nitrogen and oxygen atoms in total. The molecule has 0 aromatic heterocycles. The van der Waals surface area contributed by atoms with E-state index in [0.29, 0.717) is 23.4 Å². The Hall–Kier alpha value is -0.270. The summed E-state index contributed by atoms with van der Waals surface area (Å²) in [5.74, 6) is 1.15. The maximum atomic E-state index is 11.8. The molecule has 0 atom stereocenters. The molecule has 0 saturated carbocycles. The van der Waals surface area contributed by atoms with Crippen molar-refractivity contribution in [3.63, 3.8) is 0 Å². The van der Waals surface area contributed by atoms with Gasteiger partial charge in [0, 0.05) is 5.33 Å². The first-order chi connectivity index (χ1) is 9.81. The van der Waals surface area contributed by atoms with Crippen LogP contribution in [0.15, 0.2) is 16.6 Å². The van der Waals surface area contributed by atoms with Crippen LogP contribution in [0.25, 0.3) is 0 Å². The van der Waals surface area contributed by atoms with Crippen molar-refractivity contribution in [3.05, 3.63) is 22.2 Å². The quantitative estimate of drug-likeness (QED) is 0.571. The fraction of sp³-hybridized carbons (Fsp3) is 0.571. The Labute approximate surface area is 143 Å². The van der Waals surface area contributed by atoms with Gasteiger partial charge in [0.25, 0.3) is 0 Å². The van der Waals surface area contributed by atoms with Gasteiger partial charge in [-0.25, -0.2) is 8.42 Å². The van der Waals surface area contributed by atoms with Crippen molar-refractivity contribution < 1.29 is 17.9 Å². The molecule has 120 valence electrons. The summed E-state index contributed by atoms with van der Waals surface area (Å²) in [5, 5.41) is 0.305. The number of sulfone groups is 1. The maximum absolute atomic E-state index is 11.8. The molecule has 0 aliphatic rings. The maximum Gasteiger partial charge on any atom is 0.175 e. The van der Waals surface area contributed by atoms with Gasteiger partial charge in [-0.2, -0.15) is 0 Å². The van der Waals surface area contributed by atoms with Gasteiger partial charge in [0.2, 0.25) is 0 Å². The third kappa shape index (κ3) is 5.45. The molecule has 0 radical (unpaired) electrons. The molecule has 0 aliphatic heterocycles. The van der Waals surface area contributed by atoms with Crippen LogP contribution in [-0.2, 0) is 15.2 Å². The molecule has 7 heteroatoms. The molecule has 0 heterocycles. The van der Waals surface area contributed by atoms with Crippen LogP contribution in [0, 0.1) is 0 Å². The summed E-state index contributed by atoms with van der Waals surface area (Å²) in [7, 11) is -3.11. The van der Waals surface area contributed by atoms with E-state index in [1.807, 2.05) is 19.1 Å². The van der Waals surface area contributed by atoms with E-state index in [2.05, 4.69) is 31.9 Å². The molecule has 0 aliphatic carbocycles. The molecule has 1 aromatic rings. The van der Waals surface area contributed by atoms with Gasteiger partial charge >= 0.3 is 0 Å². The first-order valence-corrected chi connectivity index (χ1v) is 10.3. The standard InChI is InChI=1S/C14H20Br2O4S/c1-4-19-13-8-11(9-15)7-12(16)14(13)20-5-6-21(17,18)10(2)3/h7-8,10H,4-6,9H2,1-3H3. The number of alkyl halides is 1. The van der Waals surface area contributed by atoms with Gasteiger partial charge in [-0.15, -0.1) is 0 Å². The molecular weight excluding hydrogens is 424 g/mol. The average Bonchev–Trinajstić information content (AvgIpc) is 2.41. The number of hydrogen-bond donors (Lipinski definition) is 0. The average molecular weight is 444 g/mol. The number of halogens is 2. The van der Waals surface area contributed by atoms with Gasteiger partial charge in [0.15, 0.2) is 21.3 Å². The molecule has 21 heavy (non-hydrogen) atoms. The fourth-order valence-corrected chi connectivity index (χ4v) is 3.31. The summed E-state index contributed by atoms with van der Waals surface area (Å²) in [6.45, 7) is 5.84. The predicted octanol–water partition coefficient (Wildman–Crippen LogP) is 3.94. The van der Waals surface area contributed by atoms with Gasteiger partial charge in [-0.05, 0) is 54.4 Å². The van der Waals surface area contributed by atoms with Crippen molar-refractivity contribution in [2.45, 2.75) is 31.4 Å². The van der Waals surface area contributed by atoms with E-state index in [1.165, 1.54) is 0 Å². The predicted molar refractivity (Wildman–Crippen MR) is 92.4 cm³/mol. The summed E-state index contributed by atoms with van der Waals surface area (Å²) in [4.78, 5) is 0. The molecule has 0 saturated heterocycles. The largest absolute Gasteiger partial charge is 0.490 e. The van der Waals surface area contributed by atoms with E-state index in [9.17, 15) is 8.42 Å². The van der Waals surface area contributed by atoms with Gasteiger partial charge in [0.1, 0.15) is 6.61 Å². The molecule has 0 N–H and O–H groups in total. The van der Waals surface area contributed by atoms with Gasteiger partial charge in [-0.1, -0.05) is 15.9 Å². The number of hydrogen-bond acceptors (Lipinski definition) is 4. The van der Waals surface area contributed by atoms with Crippen LogP contribution in [0.5, 0.6) is 11.5 Å². The highest BCUT2D eigenvalue weighted by molar-refractivity contribution is 9.10. The lowest BCUT2D eigenvalue weighted by atomic mass is 10.2.